The third-order valence-electron chi connectivity index (χ3n) is 4.37. The molecule has 3 unspecified atom stereocenters. The van der Waals surface area contributed by atoms with Gasteiger partial charge < -0.3 is 10.6 Å². The molecule has 1 heterocycles. The molecular weight excluding hydrogens is 262 g/mol. The summed E-state index contributed by atoms with van der Waals surface area (Å²) < 4.78 is 0. The molecule has 2 N–H and O–H groups in total. The van der Waals surface area contributed by atoms with Gasteiger partial charge in [0.2, 0.25) is 5.91 Å². The van der Waals surface area contributed by atoms with E-state index in [-0.39, 0.29) is 24.4 Å². The maximum atomic E-state index is 12.1. The Morgan fingerprint density at radius 2 is 2.11 bits per heavy atom. The number of likely N-dealkylation sites (N-methyl/N-ethyl adjacent to an activating group) is 1. The standard InChI is InChI=1S/C14H27N3O.ClH/c1-10-6-7-15-13(8-10)14(18)16-9-11(2)17(3)12-4-5-12;/h10-13,15H,4-9H2,1-3H3,(H,16,18);1H. The number of halogens is 1. The maximum Gasteiger partial charge on any atom is 0.237 e. The van der Waals surface area contributed by atoms with Crippen LogP contribution in [0.1, 0.15) is 39.5 Å². The number of piperidine rings is 1. The summed E-state index contributed by atoms with van der Waals surface area (Å²) in [5, 5.41) is 6.40. The number of hydrogen-bond acceptors (Lipinski definition) is 3. The first-order chi connectivity index (χ1) is 8.58. The molecule has 19 heavy (non-hydrogen) atoms. The summed E-state index contributed by atoms with van der Waals surface area (Å²) >= 11 is 0. The van der Waals surface area contributed by atoms with Crippen LogP contribution in [0.3, 0.4) is 0 Å². The topological polar surface area (TPSA) is 44.4 Å². The summed E-state index contributed by atoms with van der Waals surface area (Å²) in [6, 6.07) is 1.21. The monoisotopic (exact) mass is 289 g/mol. The second kappa shape index (κ2) is 7.46. The zero-order chi connectivity index (χ0) is 13.1. The molecule has 2 rings (SSSR count). The van der Waals surface area contributed by atoms with E-state index in [1.807, 2.05) is 0 Å². The molecule has 0 aromatic carbocycles. The van der Waals surface area contributed by atoms with Crippen LogP contribution in [0.5, 0.6) is 0 Å². The van der Waals surface area contributed by atoms with Crippen molar-refractivity contribution in [2.75, 3.05) is 20.1 Å². The van der Waals surface area contributed by atoms with Crippen molar-refractivity contribution in [1.29, 1.82) is 0 Å². The predicted octanol–water partition coefficient (Wildman–Crippen LogP) is 1.40. The number of hydrogen-bond donors (Lipinski definition) is 2. The lowest BCUT2D eigenvalue weighted by atomic mass is 9.94. The summed E-state index contributed by atoms with van der Waals surface area (Å²) in [7, 11) is 2.16. The minimum atomic E-state index is 0. The van der Waals surface area contributed by atoms with Gasteiger partial charge in [0.25, 0.3) is 0 Å². The molecule has 4 nitrogen and oxygen atoms in total. The summed E-state index contributed by atoms with van der Waals surface area (Å²) in [5.41, 5.74) is 0. The molecule has 0 aromatic rings. The van der Waals surface area contributed by atoms with E-state index in [1.165, 1.54) is 19.3 Å². The number of carbonyl (C=O) groups is 1. The lowest BCUT2D eigenvalue weighted by Crippen LogP contribution is -2.51. The van der Waals surface area contributed by atoms with Crippen LogP contribution in [-0.4, -0.2) is 49.1 Å². The van der Waals surface area contributed by atoms with Crippen molar-refractivity contribution in [3.05, 3.63) is 0 Å². The highest BCUT2D eigenvalue weighted by Gasteiger charge is 2.30. The molecule has 1 saturated heterocycles. The van der Waals surface area contributed by atoms with Crippen molar-refractivity contribution in [3.8, 4) is 0 Å². The fourth-order valence-electron chi connectivity index (χ4n) is 2.66. The van der Waals surface area contributed by atoms with Gasteiger partial charge in [-0.25, -0.2) is 0 Å². The second-order valence-electron chi connectivity index (χ2n) is 6.13. The summed E-state index contributed by atoms with van der Waals surface area (Å²) in [6.45, 7) is 6.15. The Morgan fingerprint density at radius 1 is 1.42 bits per heavy atom. The normalized spacial score (nSPS) is 28.6. The van der Waals surface area contributed by atoms with Crippen molar-refractivity contribution < 1.29 is 4.79 Å². The Morgan fingerprint density at radius 3 is 2.68 bits per heavy atom. The number of nitrogens with zero attached hydrogens (tertiary/aromatic N) is 1. The number of nitrogens with one attached hydrogen (secondary N) is 2. The van der Waals surface area contributed by atoms with Gasteiger partial charge in [0.15, 0.2) is 0 Å². The van der Waals surface area contributed by atoms with Crippen molar-refractivity contribution in [2.24, 2.45) is 5.92 Å². The molecule has 0 radical (unpaired) electrons. The molecule has 1 saturated carbocycles. The molecule has 1 amide bonds. The Bertz CT molecular complexity index is 296. The van der Waals surface area contributed by atoms with Crippen LogP contribution in [0.25, 0.3) is 0 Å². The molecule has 1 aliphatic heterocycles. The van der Waals surface area contributed by atoms with E-state index in [0.29, 0.717) is 12.0 Å². The van der Waals surface area contributed by atoms with Gasteiger partial charge in [-0.3, -0.25) is 9.69 Å². The average molecular weight is 290 g/mol. The van der Waals surface area contributed by atoms with Gasteiger partial charge in [-0.1, -0.05) is 6.92 Å². The lowest BCUT2D eigenvalue weighted by Gasteiger charge is -2.29. The first kappa shape index (κ1) is 16.7. The van der Waals surface area contributed by atoms with Crippen molar-refractivity contribution >= 4 is 18.3 Å². The van der Waals surface area contributed by atoms with Gasteiger partial charge in [-0.05, 0) is 52.1 Å². The average Bonchev–Trinajstić information content (AvgIpc) is 3.18. The van der Waals surface area contributed by atoms with Gasteiger partial charge in [-0.15, -0.1) is 12.4 Å². The molecule has 112 valence electrons. The highest BCUT2D eigenvalue weighted by atomic mass is 35.5. The van der Waals surface area contributed by atoms with E-state index in [1.54, 1.807) is 0 Å². The maximum absolute atomic E-state index is 12.1. The Labute approximate surface area is 123 Å². The molecule has 0 bridgehead atoms. The highest BCUT2D eigenvalue weighted by molar-refractivity contribution is 5.85. The van der Waals surface area contributed by atoms with Gasteiger partial charge in [0, 0.05) is 18.6 Å². The molecular formula is C14H28ClN3O. The third-order valence-corrected chi connectivity index (χ3v) is 4.37. The Hall–Kier alpha value is -0.320. The Balaban J connectivity index is 0.00000180. The van der Waals surface area contributed by atoms with Crippen LogP contribution in [0.4, 0.5) is 0 Å². The number of rotatable bonds is 5. The summed E-state index contributed by atoms with van der Waals surface area (Å²) in [5.74, 6) is 0.839. The van der Waals surface area contributed by atoms with Gasteiger partial charge in [0.05, 0.1) is 6.04 Å². The Kier molecular flexibility index (Phi) is 6.57. The van der Waals surface area contributed by atoms with E-state index in [0.717, 1.165) is 25.6 Å². The number of carbonyl (C=O) groups excluding carboxylic acids is 1. The van der Waals surface area contributed by atoms with Gasteiger partial charge in [-0.2, -0.15) is 0 Å². The largest absolute Gasteiger partial charge is 0.353 e. The van der Waals surface area contributed by atoms with Crippen molar-refractivity contribution in [2.45, 2.75) is 57.7 Å². The van der Waals surface area contributed by atoms with Crippen LogP contribution in [-0.2, 0) is 4.79 Å². The molecule has 5 heteroatoms. The SMILES string of the molecule is CC1CCNC(C(=O)NCC(C)N(C)C2CC2)C1.Cl. The van der Waals surface area contributed by atoms with Crippen LogP contribution in [0.15, 0.2) is 0 Å². The van der Waals surface area contributed by atoms with Crippen LogP contribution in [0.2, 0.25) is 0 Å². The summed E-state index contributed by atoms with van der Waals surface area (Å²) in [4.78, 5) is 14.5. The van der Waals surface area contributed by atoms with Crippen LogP contribution in [0, 0.1) is 5.92 Å². The molecule has 2 aliphatic rings. The van der Waals surface area contributed by atoms with Crippen molar-refractivity contribution in [3.63, 3.8) is 0 Å². The third kappa shape index (κ3) is 4.93. The second-order valence-corrected chi connectivity index (χ2v) is 6.13. The first-order valence-corrected chi connectivity index (χ1v) is 7.31. The zero-order valence-electron chi connectivity index (χ0n) is 12.3. The molecule has 0 spiro atoms. The fraction of sp³-hybridized carbons (Fsp3) is 0.929. The quantitative estimate of drug-likeness (QED) is 0.804. The molecule has 1 aliphatic carbocycles. The van der Waals surface area contributed by atoms with E-state index in [9.17, 15) is 4.79 Å². The predicted molar refractivity (Wildman–Crippen MR) is 80.7 cm³/mol. The summed E-state index contributed by atoms with van der Waals surface area (Å²) in [6.07, 6.45) is 4.79. The smallest absolute Gasteiger partial charge is 0.237 e. The van der Waals surface area contributed by atoms with Crippen LogP contribution >= 0.6 is 12.4 Å². The zero-order valence-corrected chi connectivity index (χ0v) is 13.1. The van der Waals surface area contributed by atoms with Gasteiger partial charge in [0.1, 0.15) is 0 Å². The first-order valence-electron chi connectivity index (χ1n) is 7.31. The van der Waals surface area contributed by atoms with Crippen molar-refractivity contribution in [1.82, 2.24) is 15.5 Å². The fourth-order valence-corrected chi connectivity index (χ4v) is 2.66. The van der Waals surface area contributed by atoms with E-state index < -0.39 is 0 Å². The number of amides is 1. The highest BCUT2D eigenvalue weighted by Crippen LogP contribution is 2.26. The minimum Gasteiger partial charge on any atom is -0.353 e. The van der Waals surface area contributed by atoms with Gasteiger partial charge >= 0.3 is 0 Å². The molecule has 2 fully saturated rings. The van der Waals surface area contributed by atoms with Crippen LogP contribution < -0.4 is 10.6 Å². The van der Waals surface area contributed by atoms with E-state index in [2.05, 4.69) is 36.4 Å². The molecule has 0 aromatic heterocycles. The minimum absolute atomic E-state index is 0. The van der Waals surface area contributed by atoms with E-state index in [4.69, 9.17) is 0 Å². The van der Waals surface area contributed by atoms with E-state index >= 15 is 0 Å². The molecule has 3 atom stereocenters. The lowest BCUT2D eigenvalue weighted by molar-refractivity contribution is -0.124.